The molecule has 0 saturated heterocycles. The molecule has 0 spiro atoms. The van der Waals surface area contributed by atoms with Crippen LogP contribution in [0.5, 0.6) is 11.5 Å². The summed E-state index contributed by atoms with van der Waals surface area (Å²) in [6.07, 6.45) is 3.22. The van der Waals surface area contributed by atoms with Crippen LogP contribution in [0.4, 0.5) is 0 Å². The van der Waals surface area contributed by atoms with Gasteiger partial charge in [0.05, 0.1) is 0 Å². The summed E-state index contributed by atoms with van der Waals surface area (Å²) >= 11 is 12.2. The van der Waals surface area contributed by atoms with Gasteiger partial charge in [-0.1, -0.05) is 83.9 Å². The molecule has 0 aliphatic rings. The van der Waals surface area contributed by atoms with Gasteiger partial charge in [0.1, 0.15) is 23.6 Å². The third-order valence-corrected chi connectivity index (χ3v) is 5.78. The predicted molar refractivity (Wildman–Crippen MR) is 140 cm³/mol. The number of rotatable bonds is 7. The van der Waals surface area contributed by atoms with Crippen LogP contribution in [0, 0.1) is 0 Å². The number of aromatic hydroxyl groups is 2. The molecule has 0 amide bonds. The van der Waals surface area contributed by atoms with E-state index in [1.807, 2.05) is 60.7 Å². The summed E-state index contributed by atoms with van der Waals surface area (Å²) in [7, 11) is 0. The van der Waals surface area contributed by atoms with Gasteiger partial charge < -0.3 is 10.2 Å². The van der Waals surface area contributed by atoms with E-state index >= 15 is 0 Å². The number of halogens is 2. The Hall–Kier alpha value is -3.60. The molecule has 0 bridgehead atoms. The van der Waals surface area contributed by atoms with Gasteiger partial charge in [-0.3, -0.25) is 9.98 Å². The highest BCUT2D eigenvalue weighted by Crippen LogP contribution is 2.36. The molecule has 0 aliphatic carbocycles. The molecule has 0 saturated carbocycles. The summed E-state index contributed by atoms with van der Waals surface area (Å²) in [5, 5.41) is 21.5. The normalized spacial score (nSPS) is 13.4. The van der Waals surface area contributed by atoms with Crippen molar-refractivity contribution in [3.8, 4) is 11.5 Å². The number of hydrogen-bond acceptors (Lipinski definition) is 4. The van der Waals surface area contributed by atoms with Gasteiger partial charge in [0.15, 0.2) is 0 Å². The van der Waals surface area contributed by atoms with Crippen molar-refractivity contribution in [2.75, 3.05) is 0 Å². The van der Waals surface area contributed by atoms with Gasteiger partial charge in [0.2, 0.25) is 0 Å². The quantitative estimate of drug-likeness (QED) is 0.265. The van der Waals surface area contributed by atoms with Crippen molar-refractivity contribution >= 4 is 35.6 Å². The van der Waals surface area contributed by atoms with Crippen LogP contribution in [0.15, 0.2) is 107 Å². The average Bonchev–Trinajstić information content (AvgIpc) is 2.86. The van der Waals surface area contributed by atoms with Crippen LogP contribution in [0.1, 0.15) is 34.3 Å². The largest absolute Gasteiger partial charge is 0.507 e. The van der Waals surface area contributed by atoms with Crippen molar-refractivity contribution < 1.29 is 10.2 Å². The second-order valence-corrected chi connectivity index (χ2v) is 8.55. The Balaban J connectivity index is 1.81. The van der Waals surface area contributed by atoms with Gasteiger partial charge in [-0.25, -0.2) is 0 Å². The molecule has 0 heterocycles. The average molecular weight is 489 g/mol. The first-order valence-electron chi connectivity index (χ1n) is 10.6. The Morgan fingerprint density at radius 3 is 1.32 bits per heavy atom. The monoisotopic (exact) mass is 488 g/mol. The van der Waals surface area contributed by atoms with Crippen LogP contribution in [0.25, 0.3) is 0 Å². The lowest BCUT2D eigenvalue weighted by molar-refractivity contribution is 0.473. The van der Waals surface area contributed by atoms with E-state index in [1.54, 1.807) is 36.7 Å². The van der Waals surface area contributed by atoms with Crippen molar-refractivity contribution in [1.82, 2.24) is 0 Å². The predicted octanol–water partition coefficient (Wildman–Crippen LogP) is 7.43. The summed E-state index contributed by atoms with van der Waals surface area (Å²) in [6, 6.07) is 28.4. The Bertz CT molecular complexity index is 1210. The van der Waals surface area contributed by atoms with E-state index < -0.39 is 12.1 Å². The zero-order valence-corrected chi connectivity index (χ0v) is 19.6. The first-order valence-corrected chi connectivity index (χ1v) is 11.4. The maximum absolute atomic E-state index is 10.3. The number of phenols is 2. The fraction of sp³-hybridized carbons (Fsp3) is 0.0714. The van der Waals surface area contributed by atoms with Gasteiger partial charge in [-0.15, -0.1) is 0 Å². The van der Waals surface area contributed by atoms with Crippen molar-refractivity contribution in [3.05, 3.63) is 129 Å². The first kappa shape index (κ1) is 23.6. The smallest absolute Gasteiger partial charge is 0.124 e. The van der Waals surface area contributed by atoms with E-state index in [-0.39, 0.29) is 11.5 Å². The molecule has 4 rings (SSSR count). The summed E-state index contributed by atoms with van der Waals surface area (Å²) in [4.78, 5) is 9.70. The summed E-state index contributed by atoms with van der Waals surface area (Å²) in [5.74, 6) is 0.173. The Morgan fingerprint density at radius 1 is 0.559 bits per heavy atom. The van der Waals surface area contributed by atoms with Gasteiger partial charge in [-0.2, -0.15) is 0 Å². The maximum atomic E-state index is 10.3. The number of nitrogens with zero attached hydrogens (tertiary/aromatic N) is 2. The molecule has 0 aliphatic heterocycles. The lowest BCUT2D eigenvalue weighted by Crippen LogP contribution is -2.09. The number of benzene rings is 4. The summed E-state index contributed by atoms with van der Waals surface area (Å²) in [5.41, 5.74) is 2.91. The molecule has 2 N–H and O–H groups in total. The highest BCUT2D eigenvalue weighted by Gasteiger charge is 2.23. The van der Waals surface area contributed by atoms with Gasteiger partial charge in [0, 0.05) is 33.6 Å². The maximum Gasteiger partial charge on any atom is 0.124 e. The van der Waals surface area contributed by atoms with Crippen molar-refractivity contribution in [2.24, 2.45) is 9.98 Å². The summed E-state index contributed by atoms with van der Waals surface area (Å²) in [6.45, 7) is 0. The fourth-order valence-corrected chi connectivity index (χ4v) is 3.94. The van der Waals surface area contributed by atoms with Crippen molar-refractivity contribution in [2.45, 2.75) is 12.1 Å². The molecule has 0 radical (unpaired) electrons. The van der Waals surface area contributed by atoms with Crippen molar-refractivity contribution in [3.63, 3.8) is 0 Å². The molecule has 4 nitrogen and oxygen atoms in total. The zero-order valence-electron chi connectivity index (χ0n) is 18.1. The third-order valence-electron chi connectivity index (χ3n) is 5.31. The molecule has 2 atom stereocenters. The minimum atomic E-state index is -0.417. The molecule has 170 valence electrons. The molecule has 34 heavy (non-hydrogen) atoms. The van der Waals surface area contributed by atoms with E-state index in [0.29, 0.717) is 21.2 Å². The molecule has 4 aromatic rings. The first-order chi connectivity index (χ1) is 16.5. The Kier molecular flexibility index (Phi) is 7.63. The topological polar surface area (TPSA) is 65.2 Å². The van der Waals surface area contributed by atoms with Gasteiger partial charge >= 0.3 is 0 Å². The standard InChI is InChI=1S/C28H22Cl2N2O2/c29-23-11-13-25(33)21(15-23)17-31-27(19-7-3-1-4-8-19)28(20-9-5-2-6-10-20)32-18-22-16-24(30)12-14-26(22)34/h1-18,27-28,33-34H. The molecule has 0 aromatic heterocycles. The van der Waals surface area contributed by atoms with E-state index in [0.717, 1.165) is 11.1 Å². The van der Waals surface area contributed by atoms with Crippen LogP contribution >= 0.6 is 23.2 Å². The second-order valence-electron chi connectivity index (χ2n) is 7.67. The van der Waals surface area contributed by atoms with E-state index in [1.165, 1.54) is 12.1 Å². The number of aliphatic imine (C=N–C) groups is 2. The van der Waals surface area contributed by atoms with Crippen LogP contribution in [0.2, 0.25) is 10.0 Å². The fourth-order valence-electron chi connectivity index (χ4n) is 3.58. The van der Waals surface area contributed by atoms with E-state index in [9.17, 15) is 10.2 Å². The van der Waals surface area contributed by atoms with E-state index in [4.69, 9.17) is 33.2 Å². The van der Waals surface area contributed by atoms with Crippen LogP contribution in [-0.4, -0.2) is 22.6 Å². The highest BCUT2D eigenvalue weighted by molar-refractivity contribution is 6.31. The lowest BCUT2D eigenvalue weighted by atomic mass is 9.94. The third kappa shape index (κ3) is 5.84. The van der Waals surface area contributed by atoms with E-state index in [2.05, 4.69) is 0 Å². The van der Waals surface area contributed by atoms with Gasteiger partial charge in [0.25, 0.3) is 0 Å². The molecule has 0 fully saturated rings. The van der Waals surface area contributed by atoms with Gasteiger partial charge in [-0.05, 0) is 47.5 Å². The van der Waals surface area contributed by atoms with Crippen LogP contribution in [-0.2, 0) is 0 Å². The molecule has 2 unspecified atom stereocenters. The SMILES string of the molecule is Oc1ccc(Cl)cc1C=NC(c1ccccc1)C(N=Cc1cc(Cl)ccc1O)c1ccccc1. The summed E-state index contributed by atoms with van der Waals surface area (Å²) < 4.78 is 0. The molecule has 6 heteroatoms. The Morgan fingerprint density at radius 2 is 0.941 bits per heavy atom. The number of phenolic OH excluding ortho intramolecular Hbond substituents is 2. The molecular weight excluding hydrogens is 467 g/mol. The van der Waals surface area contributed by atoms with Crippen molar-refractivity contribution in [1.29, 1.82) is 0 Å². The second kappa shape index (κ2) is 11.0. The molecule has 4 aromatic carbocycles. The number of hydrogen-bond donors (Lipinski definition) is 2. The van der Waals surface area contributed by atoms with Crippen LogP contribution in [0.3, 0.4) is 0 Å². The minimum Gasteiger partial charge on any atom is -0.507 e. The van der Waals surface area contributed by atoms with Crippen LogP contribution < -0.4 is 0 Å². The minimum absolute atomic E-state index is 0.0866. The lowest BCUT2D eigenvalue weighted by Gasteiger charge is -2.22. The molecular formula is C28H22Cl2N2O2. The Labute approximate surface area is 208 Å². The highest BCUT2D eigenvalue weighted by atomic mass is 35.5. The zero-order chi connectivity index (χ0) is 23.9.